The van der Waals surface area contributed by atoms with Crippen molar-refractivity contribution in [1.29, 1.82) is 5.26 Å². The molecule has 2 aromatic carbocycles. The highest BCUT2D eigenvalue weighted by Crippen LogP contribution is 2.30. The lowest BCUT2D eigenvalue weighted by Gasteiger charge is -2.09. The fourth-order valence-electron chi connectivity index (χ4n) is 2.64. The third-order valence-electron chi connectivity index (χ3n) is 3.94. The van der Waals surface area contributed by atoms with Crippen molar-refractivity contribution in [1.82, 2.24) is 9.97 Å². The Bertz CT molecular complexity index is 1130. The van der Waals surface area contributed by atoms with E-state index in [-0.39, 0.29) is 23.0 Å². The first-order valence-electron chi connectivity index (χ1n) is 8.08. The lowest BCUT2D eigenvalue weighted by atomic mass is 10.1. The second kappa shape index (κ2) is 7.94. The van der Waals surface area contributed by atoms with Crippen LogP contribution < -0.4 is 15.0 Å². The van der Waals surface area contributed by atoms with E-state index in [1.54, 1.807) is 30.3 Å². The second-order valence-corrected chi connectivity index (χ2v) is 6.14. The Labute approximate surface area is 160 Å². The van der Waals surface area contributed by atoms with Crippen LogP contribution >= 0.6 is 11.6 Å². The van der Waals surface area contributed by atoms with Gasteiger partial charge in [-0.05, 0) is 42.3 Å². The molecule has 7 heteroatoms. The van der Waals surface area contributed by atoms with Gasteiger partial charge < -0.3 is 14.5 Å². The fraction of sp³-hybridized carbons (Fsp3) is 0.150. The van der Waals surface area contributed by atoms with Gasteiger partial charge in [-0.2, -0.15) is 5.26 Å². The molecule has 1 N–H and O–H groups in total. The maximum absolute atomic E-state index is 12.3. The number of halogens is 1. The first-order chi connectivity index (χ1) is 13.0. The molecular weight excluding hydrogens is 366 g/mol. The predicted molar refractivity (Wildman–Crippen MR) is 105 cm³/mol. The highest BCUT2D eigenvalue weighted by molar-refractivity contribution is 6.50. The molecule has 0 bridgehead atoms. The number of para-hydroxylation sites is 1. The number of H-pyrrole nitrogens is 1. The van der Waals surface area contributed by atoms with Crippen LogP contribution in [-0.2, 0) is 0 Å². The molecule has 0 radical (unpaired) electrons. The van der Waals surface area contributed by atoms with Gasteiger partial charge in [0.05, 0.1) is 23.0 Å². The molecule has 136 valence electrons. The van der Waals surface area contributed by atoms with Crippen LogP contribution in [0.2, 0.25) is 0 Å². The van der Waals surface area contributed by atoms with E-state index in [4.69, 9.17) is 26.3 Å². The van der Waals surface area contributed by atoms with Gasteiger partial charge in [-0.3, -0.25) is 4.79 Å². The molecule has 0 aliphatic rings. The highest BCUT2D eigenvalue weighted by atomic mass is 35.5. The van der Waals surface area contributed by atoms with E-state index >= 15 is 0 Å². The zero-order valence-corrected chi connectivity index (χ0v) is 15.5. The average molecular weight is 382 g/mol. The summed E-state index contributed by atoms with van der Waals surface area (Å²) >= 11 is 6.40. The molecule has 1 heterocycles. The summed E-state index contributed by atoms with van der Waals surface area (Å²) in [6, 6.07) is 12.5. The Kier molecular flexibility index (Phi) is 5.43. The monoisotopic (exact) mass is 381 g/mol. The second-order valence-electron chi connectivity index (χ2n) is 5.73. The van der Waals surface area contributed by atoms with Crippen molar-refractivity contribution in [3.8, 4) is 17.6 Å². The largest absolute Gasteiger partial charge is 0.493 e. The summed E-state index contributed by atoms with van der Waals surface area (Å²) in [5, 5.41) is 9.43. The maximum Gasteiger partial charge on any atom is 0.259 e. The van der Waals surface area contributed by atoms with Gasteiger partial charge in [0.2, 0.25) is 0 Å². The van der Waals surface area contributed by atoms with E-state index in [1.807, 2.05) is 25.1 Å². The lowest BCUT2D eigenvalue weighted by Crippen LogP contribution is -2.11. The van der Waals surface area contributed by atoms with Gasteiger partial charge in [0.25, 0.3) is 5.56 Å². The number of rotatable bonds is 5. The molecule has 0 aliphatic heterocycles. The van der Waals surface area contributed by atoms with Crippen LogP contribution in [0.4, 0.5) is 0 Å². The van der Waals surface area contributed by atoms with E-state index in [1.165, 1.54) is 7.11 Å². The van der Waals surface area contributed by atoms with Crippen molar-refractivity contribution >= 4 is 33.6 Å². The molecule has 27 heavy (non-hydrogen) atoms. The molecule has 0 amide bonds. The Hall–Kier alpha value is -3.30. The molecule has 0 atom stereocenters. The smallest absolute Gasteiger partial charge is 0.259 e. The van der Waals surface area contributed by atoms with Crippen molar-refractivity contribution in [2.45, 2.75) is 6.92 Å². The normalized spacial score (nSPS) is 11.3. The molecule has 0 aliphatic carbocycles. The summed E-state index contributed by atoms with van der Waals surface area (Å²) in [5.74, 6) is 1.21. The van der Waals surface area contributed by atoms with E-state index in [2.05, 4.69) is 9.97 Å². The third-order valence-corrected chi connectivity index (χ3v) is 4.23. The van der Waals surface area contributed by atoms with E-state index < -0.39 is 0 Å². The number of ether oxygens (including phenoxy) is 2. The molecule has 3 rings (SSSR count). The van der Waals surface area contributed by atoms with Crippen LogP contribution in [0.15, 0.2) is 41.2 Å². The number of aryl methyl sites for hydroxylation is 1. The van der Waals surface area contributed by atoms with Crippen LogP contribution in [-0.4, -0.2) is 23.7 Å². The highest BCUT2D eigenvalue weighted by Gasteiger charge is 2.10. The molecule has 0 spiro atoms. The van der Waals surface area contributed by atoms with Crippen molar-refractivity contribution in [3.05, 3.63) is 63.7 Å². The van der Waals surface area contributed by atoms with Gasteiger partial charge in [0.1, 0.15) is 6.07 Å². The predicted octanol–water partition coefficient (Wildman–Crippen LogP) is 3.88. The first kappa shape index (κ1) is 18.5. The number of benzene rings is 2. The number of aromatic amines is 1. The summed E-state index contributed by atoms with van der Waals surface area (Å²) in [5.41, 5.74) is 1.99. The SMILES string of the molecule is COc1cc(/C=C(\Cl)c2nc3c(C)cccc3c(=O)[nH]2)ccc1OCC#N. The Morgan fingerprint density at radius 3 is 2.89 bits per heavy atom. The van der Waals surface area contributed by atoms with Crippen molar-refractivity contribution in [2.75, 3.05) is 13.7 Å². The number of hydrogen-bond donors (Lipinski definition) is 1. The summed E-state index contributed by atoms with van der Waals surface area (Å²) in [4.78, 5) is 19.5. The standard InChI is InChI=1S/C20H16ClN3O3/c1-12-4-3-5-14-18(12)23-19(24-20(14)25)15(21)10-13-6-7-16(27-9-8-22)17(11-13)26-2/h3-7,10-11H,9H2,1-2H3,(H,23,24,25)/b15-10-. The van der Waals surface area contributed by atoms with Crippen molar-refractivity contribution in [3.63, 3.8) is 0 Å². The maximum atomic E-state index is 12.3. The average Bonchev–Trinajstić information content (AvgIpc) is 2.67. The van der Waals surface area contributed by atoms with Gasteiger partial charge in [-0.25, -0.2) is 4.98 Å². The van der Waals surface area contributed by atoms with E-state index in [0.29, 0.717) is 22.4 Å². The Morgan fingerprint density at radius 2 is 2.15 bits per heavy atom. The molecule has 0 saturated carbocycles. The van der Waals surface area contributed by atoms with Crippen LogP contribution in [0.25, 0.3) is 22.0 Å². The fourth-order valence-corrected chi connectivity index (χ4v) is 2.85. The minimum atomic E-state index is -0.247. The minimum absolute atomic E-state index is 0.0755. The van der Waals surface area contributed by atoms with Crippen LogP contribution in [0, 0.1) is 18.3 Å². The summed E-state index contributed by atoms with van der Waals surface area (Å²) in [7, 11) is 1.51. The molecule has 6 nitrogen and oxygen atoms in total. The quantitative estimate of drug-likeness (QED) is 0.724. The Balaban J connectivity index is 2.01. The van der Waals surface area contributed by atoms with Crippen molar-refractivity contribution in [2.24, 2.45) is 0 Å². The number of nitrogens with zero attached hydrogens (tertiary/aromatic N) is 2. The van der Waals surface area contributed by atoms with E-state index in [9.17, 15) is 4.79 Å². The number of fused-ring (bicyclic) bond motifs is 1. The molecule has 3 aromatic rings. The number of methoxy groups -OCH3 is 1. The number of nitrogens with one attached hydrogen (secondary N) is 1. The summed E-state index contributed by atoms with van der Waals surface area (Å²) in [6.45, 7) is 1.81. The molecule has 0 unspecified atom stereocenters. The van der Waals surface area contributed by atoms with Gasteiger partial charge in [-0.15, -0.1) is 0 Å². The summed E-state index contributed by atoms with van der Waals surface area (Å²) in [6.07, 6.45) is 1.67. The molecule has 1 aromatic heterocycles. The molecule has 0 saturated heterocycles. The first-order valence-corrected chi connectivity index (χ1v) is 8.46. The molecule has 0 fully saturated rings. The van der Waals surface area contributed by atoms with Gasteiger partial charge >= 0.3 is 0 Å². The topological polar surface area (TPSA) is 88.0 Å². The van der Waals surface area contributed by atoms with Gasteiger partial charge in [0, 0.05) is 0 Å². The van der Waals surface area contributed by atoms with Gasteiger partial charge in [-0.1, -0.05) is 29.8 Å². The van der Waals surface area contributed by atoms with Crippen LogP contribution in [0.3, 0.4) is 0 Å². The zero-order chi connectivity index (χ0) is 19.4. The van der Waals surface area contributed by atoms with Crippen molar-refractivity contribution < 1.29 is 9.47 Å². The van der Waals surface area contributed by atoms with Gasteiger partial charge in [0.15, 0.2) is 23.9 Å². The zero-order valence-electron chi connectivity index (χ0n) is 14.7. The van der Waals surface area contributed by atoms with E-state index in [0.717, 1.165) is 11.1 Å². The number of nitriles is 1. The van der Waals surface area contributed by atoms with Crippen LogP contribution in [0.1, 0.15) is 17.0 Å². The molecular formula is C20H16ClN3O3. The minimum Gasteiger partial charge on any atom is -0.493 e. The number of hydrogen-bond acceptors (Lipinski definition) is 5. The number of aromatic nitrogens is 2. The lowest BCUT2D eigenvalue weighted by molar-refractivity contribution is 0.329. The van der Waals surface area contributed by atoms with Crippen LogP contribution in [0.5, 0.6) is 11.5 Å². The summed E-state index contributed by atoms with van der Waals surface area (Å²) < 4.78 is 10.6. The third kappa shape index (κ3) is 3.94. The Morgan fingerprint density at radius 1 is 1.33 bits per heavy atom.